The van der Waals surface area contributed by atoms with E-state index < -0.39 is 0 Å². The van der Waals surface area contributed by atoms with Crippen molar-refractivity contribution in [1.29, 1.82) is 0 Å². The van der Waals surface area contributed by atoms with Crippen LogP contribution in [0, 0.1) is 5.41 Å². The molecule has 0 aliphatic heterocycles. The third kappa shape index (κ3) is 4.40. The zero-order valence-corrected chi connectivity index (χ0v) is 13.0. The highest BCUT2D eigenvalue weighted by Crippen LogP contribution is 2.52. The fraction of sp³-hybridized carbons (Fsp3) is 0.600. The number of hydrogen-bond donors (Lipinski definition) is 1. The molecule has 0 spiro atoms. The van der Waals surface area contributed by atoms with Gasteiger partial charge in [0, 0.05) is 23.4 Å². The van der Waals surface area contributed by atoms with Gasteiger partial charge in [-0.25, -0.2) is 4.98 Å². The maximum absolute atomic E-state index is 11.4. The van der Waals surface area contributed by atoms with Crippen molar-refractivity contribution in [3.05, 3.63) is 18.3 Å². The third-order valence-corrected chi connectivity index (χ3v) is 4.88. The standard InChI is InChI=1S/C15H22N2O2S/c1-3-7-16-13-9-12(4-8-17-13)20-11-15(5-6-15)10-14(18)19-2/h4,8-9H,3,5-7,10-11H2,1-2H3,(H,16,17). The Bertz CT molecular complexity index is 461. The number of carbonyl (C=O) groups is 1. The number of thioether (sulfide) groups is 1. The van der Waals surface area contributed by atoms with Gasteiger partial charge in [0.2, 0.25) is 0 Å². The fourth-order valence-corrected chi connectivity index (χ4v) is 3.23. The number of pyridine rings is 1. The number of nitrogens with zero attached hydrogens (tertiary/aromatic N) is 1. The van der Waals surface area contributed by atoms with Crippen molar-refractivity contribution in [2.45, 2.75) is 37.5 Å². The molecule has 0 saturated heterocycles. The van der Waals surface area contributed by atoms with Gasteiger partial charge >= 0.3 is 5.97 Å². The van der Waals surface area contributed by atoms with Crippen molar-refractivity contribution in [2.24, 2.45) is 5.41 Å². The van der Waals surface area contributed by atoms with E-state index in [0.717, 1.165) is 37.4 Å². The average molecular weight is 294 g/mol. The van der Waals surface area contributed by atoms with Crippen molar-refractivity contribution in [1.82, 2.24) is 4.98 Å². The number of anilines is 1. The Balaban J connectivity index is 1.86. The van der Waals surface area contributed by atoms with E-state index in [1.807, 2.05) is 12.3 Å². The number of hydrogen-bond acceptors (Lipinski definition) is 5. The van der Waals surface area contributed by atoms with Crippen LogP contribution in [-0.4, -0.2) is 30.4 Å². The van der Waals surface area contributed by atoms with Gasteiger partial charge in [-0.05, 0) is 36.8 Å². The second-order valence-electron chi connectivity index (χ2n) is 5.35. The molecule has 1 fully saturated rings. The first-order valence-electron chi connectivity index (χ1n) is 7.07. The van der Waals surface area contributed by atoms with Crippen molar-refractivity contribution in [3.8, 4) is 0 Å². The summed E-state index contributed by atoms with van der Waals surface area (Å²) in [6.07, 6.45) is 5.71. The molecule has 110 valence electrons. The van der Waals surface area contributed by atoms with E-state index in [2.05, 4.69) is 23.3 Å². The molecule has 1 aliphatic carbocycles. The van der Waals surface area contributed by atoms with Crippen LogP contribution in [0.4, 0.5) is 5.82 Å². The number of nitrogens with one attached hydrogen (secondary N) is 1. The Kier molecular flexibility index (Phi) is 5.29. The maximum atomic E-state index is 11.4. The zero-order chi connectivity index (χ0) is 14.4. The molecule has 1 N–H and O–H groups in total. The van der Waals surface area contributed by atoms with Crippen molar-refractivity contribution in [2.75, 3.05) is 24.7 Å². The van der Waals surface area contributed by atoms with Gasteiger partial charge in [-0.2, -0.15) is 0 Å². The van der Waals surface area contributed by atoms with Crippen LogP contribution in [-0.2, 0) is 9.53 Å². The van der Waals surface area contributed by atoms with Crippen LogP contribution in [0.1, 0.15) is 32.6 Å². The molecule has 0 aromatic carbocycles. The number of ether oxygens (including phenoxy) is 1. The molecule has 20 heavy (non-hydrogen) atoms. The molecule has 0 unspecified atom stereocenters. The Morgan fingerprint density at radius 2 is 2.35 bits per heavy atom. The fourth-order valence-electron chi connectivity index (χ4n) is 2.01. The van der Waals surface area contributed by atoms with Gasteiger partial charge in [-0.1, -0.05) is 6.92 Å². The Hall–Kier alpha value is -1.23. The molecular formula is C15H22N2O2S. The maximum Gasteiger partial charge on any atom is 0.306 e. The van der Waals surface area contributed by atoms with Crippen LogP contribution in [0.15, 0.2) is 23.2 Å². The molecule has 0 bridgehead atoms. The highest BCUT2D eigenvalue weighted by Gasteiger charge is 2.44. The molecule has 1 aromatic heterocycles. The van der Waals surface area contributed by atoms with Gasteiger partial charge in [-0.15, -0.1) is 11.8 Å². The second kappa shape index (κ2) is 6.97. The lowest BCUT2D eigenvalue weighted by molar-refractivity contribution is -0.141. The summed E-state index contributed by atoms with van der Waals surface area (Å²) in [6, 6.07) is 4.10. The predicted octanol–water partition coefficient (Wildman–Crippen LogP) is 3.34. The van der Waals surface area contributed by atoms with Crippen LogP contribution < -0.4 is 5.32 Å². The molecule has 0 atom stereocenters. The van der Waals surface area contributed by atoms with Gasteiger partial charge in [0.1, 0.15) is 5.82 Å². The largest absolute Gasteiger partial charge is 0.469 e. The highest BCUT2D eigenvalue weighted by molar-refractivity contribution is 7.99. The average Bonchev–Trinajstić information content (AvgIpc) is 3.23. The first-order chi connectivity index (χ1) is 9.67. The Labute approximate surface area is 124 Å². The summed E-state index contributed by atoms with van der Waals surface area (Å²) < 4.78 is 4.77. The topological polar surface area (TPSA) is 51.2 Å². The first-order valence-corrected chi connectivity index (χ1v) is 8.05. The van der Waals surface area contributed by atoms with Gasteiger partial charge in [0.15, 0.2) is 0 Å². The molecule has 1 aromatic rings. The number of rotatable bonds is 8. The summed E-state index contributed by atoms with van der Waals surface area (Å²) in [6.45, 7) is 3.07. The second-order valence-corrected chi connectivity index (χ2v) is 6.39. The van der Waals surface area contributed by atoms with Crippen molar-refractivity contribution >= 4 is 23.5 Å². The van der Waals surface area contributed by atoms with Crippen molar-refractivity contribution < 1.29 is 9.53 Å². The summed E-state index contributed by atoms with van der Waals surface area (Å²) in [5.41, 5.74) is 0.165. The van der Waals surface area contributed by atoms with Gasteiger partial charge in [-0.3, -0.25) is 4.79 Å². The molecule has 1 saturated carbocycles. The van der Waals surface area contributed by atoms with E-state index >= 15 is 0 Å². The molecule has 2 rings (SSSR count). The smallest absolute Gasteiger partial charge is 0.306 e. The van der Waals surface area contributed by atoms with Gasteiger partial charge in [0.05, 0.1) is 13.5 Å². The van der Waals surface area contributed by atoms with E-state index in [0.29, 0.717) is 6.42 Å². The lowest BCUT2D eigenvalue weighted by Crippen LogP contribution is -2.13. The number of carbonyl (C=O) groups excluding carboxylic acids is 1. The summed E-state index contributed by atoms with van der Waals surface area (Å²) in [5.74, 6) is 1.80. The predicted molar refractivity (Wildman–Crippen MR) is 82.0 cm³/mol. The minimum Gasteiger partial charge on any atom is -0.469 e. The summed E-state index contributed by atoms with van der Waals surface area (Å²) >= 11 is 1.80. The summed E-state index contributed by atoms with van der Waals surface area (Å²) in [5, 5.41) is 3.29. The quantitative estimate of drug-likeness (QED) is 0.588. The van der Waals surface area contributed by atoms with E-state index in [1.165, 1.54) is 12.0 Å². The molecule has 5 heteroatoms. The Morgan fingerprint density at radius 3 is 3.00 bits per heavy atom. The highest BCUT2D eigenvalue weighted by atomic mass is 32.2. The molecule has 0 radical (unpaired) electrons. The number of aromatic nitrogens is 1. The van der Waals surface area contributed by atoms with Crippen LogP contribution in [0.3, 0.4) is 0 Å². The number of esters is 1. The van der Waals surface area contributed by atoms with E-state index in [9.17, 15) is 4.79 Å². The van der Waals surface area contributed by atoms with Crippen molar-refractivity contribution in [3.63, 3.8) is 0 Å². The number of methoxy groups -OCH3 is 1. The third-order valence-electron chi connectivity index (χ3n) is 3.54. The normalized spacial score (nSPS) is 15.7. The lowest BCUT2D eigenvalue weighted by Gasteiger charge is -2.13. The van der Waals surface area contributed by atoms with Gasteiger partial charge < -0.3 is 10.1 Å². The van der Waals surface area contributed by atoms with Gasteiger partial charge in [0.25, 0.3) is 0 Å². The SMILES string of the molecule is CCCNc1cc(SCC2(CC(=O)OC)CC2)ccn1. The molecule has 0 amide bonds. The van der Waals surface area contributed by atoms with E-state index in [-0.39, 0.29) is 11.4 Å². The monoisotopic (exact) mass is 294 g/mol. The lowest BCUT2D eigenvalue weighted by atomic mass is 10.1. The molecular weight excluding hydrogens is 272 g/mol. The van der Waals surface area contributed by atoms with E-state index in [1.54, 1.807) is 11.8 Å². The first kappa shape index (κ1) is 15.2. The minimum absolute atomic E-state index is 0.0943. The molecule has 4 nitrogen and oxygen atoms in total. The van der Waals surface area contributed by atoms with E-state index in [4.69, 9.17) is 4.74 Å². The van der Waals surface area contributed by atoms with Crippen LogP contribution in [0.2, 0.25) is 0 Å². The van der Waals surface area contributed by atoms with Crippen LogP contribution in [0.5, 0.6) is 0 Å². The van der Waals surface area contributed by atoms with Crippen LogP contribution in [0.25, 0.3) is 0 Å². The summed E-state index contributed by atoms with van der Waals surface area (Å²) in [4.78, 5) is 16.9. The molecule has 1 heterocycles. The molecule has 1 aliphatic rings. The Morgan fingerprint density at radius 1 is 1.55 bits per heavy atom. The zero-order valence-electron chi connectivity index (χ0n) is 12.1. The minimum atomic E-state index is -0.0943. The summed E-state index contributed by atoms with van der Waals surface area (Å²) in [7, 11) is 1.46. The van der Waals surface area contributed by atoms with Crippen LogP contribution >= 0.6 is 11.8 Å².